The van der Waals surface area contributed by atoms with Gasteiger partial charge in [-0.1, -0.05) is 19.1 Å². The smallest absolute Gasteiger partial charge is 0.330 e. The number of carbonyl (C=O) groups excluding carboxylic acids is 1. The summed E-state index contributed by atoms with van der Waals surface area (Å²) in [7, 11) is 1.26. The number of aryl methyl sites for hydroxylation is 1. The highest BCUT2D eigenvalue weighted by molar-refractivity contribution is 6.28. The van der Waals surface area contributed by atoms with Crippen LogP contribution in [-0.2, 0) is 9.53 Å². The number of methoxy groups -OCH3 is 1. The molecule has 0 aliphatic carbocycles. The van der Waals surface area contributed by atoms with Crippen molar-refractivity contribution in [1.29, 1.82) is 0 Å². The fourth-order valence-corrected chi connectivity index (χ4v) is 2.60. The number of anilines is 2. The molecule has 25 heavy (non-hydrogen) atoms. The van der Waals surface area contributed by atoms with E-state index in [-0.39, 0.29) is 16.8 Å². The first-order valence-corrected chi connectivity index (χ1v) is 7.87. The van der Waals surface area contributed by atoms with Crippen molar-refractivity contribution in [2.24, 2.45) is 0 Å². The Morgan fingerprint density at radius 3 is 2.76 bits per heavy atom. The predicted molar refractivity (Wildman–Crippen MR) is 93.1 cm³/mol. The molecule has 0 radical (unpaired) electrons. The lowest BCUT2D eigenvalue weighted by Crippen LogP contribution is -2.39. The van der Waals surface area contributed by atoms with Crippen molar-refractivity contribution in [3.8, 4) is 0 Å². The second-order valence-electron chi connectivity index (χ2n) is 5.26. The number of nitro groups is 1. The number of aromatic nitrogens is 2. The van der Waals surface area contributed by atoms with Gasteiger partial charge in [0.15, 0.2) is 0 Å². The van der Waals surface area contributed by atoms with Gasteiger partial charge in [0.25, 0.3) is 0 Å². The van der Waals surface area contributed by atoms with E-state index in [1.54, 1.807) is 25.1 Å². The molecule has 2 rings (SSSR count). The summed E-state index contributed by atoms with van der Waals surface area (Å²) in [4.78, 5) is 32.2. The van der Waals surface area contributed by atoms with Gasteiger partial charge in [-0.05, 0) is 42.6 Å². The maximum Gasteiger partial charge on any atom is 0.330 e. The Hall–Kier alpha value is -2.74. The van der Waals surface area contributed by atoms with Crippen LogP contribution in [-0.4, -0.2) is 34.0 Å². The minimum atomic E-state index is -0.809. The number of hydrogen-bond acceptors (Lipinski definition) is 7. The molecule has 0 aliphatic heterocycles. The molecule has 0 fully saturated rings. The molecule has 0 N–H and O–H groups in total. The highest BCUT2D eigenvalue weighted by Gasteiger charge is 2.33. The molecule has 2 aromatic rings. The average Bonchev–Trinajstić information content (AvgIpc) is 2.58. The van der Waals surface area contributed by atoms with E-state index < -0.39 is 16.9 Å². The van der Waals surface area contributed by atoms with Gasteiger partial charge < -0.3 is 9.64 Å². The van der Waals surface area contributed by atoms with Crippen molar-refractivity contribution < 1.29 is 14.5 Å². The van der Waals surface area contributed by atoms with Crippen molar-refractivity contribution in [2.75, 3.05) is 12.0 Å². The fourth-order valence-electron chi connectivity index (χ4n) is 2.47. The van der Waals surface area contributed by atoms with Gasteiger partial charge in [0.2, 0.25) is 11.1 Å². The van der Waals surface area contributed by atoms with E-state index >= 15 is 0 Å². The number of carbonyl (C=O) groups is 1. The molecule has 8 nitrogen and oxygen atoms in total. The molecule has 1 atom stereocenters. The molecule has 0 aliphatic rings. The summed E-state index contributed by atoms with van der Waals surface area (Å²) in [6.07, 6.45) is 1.37. The van der Waals surface area contributed by atoms with Crippen molar-refractivity contribution in [3.63, 3.8) is 0 Å². The first-order chi connectivity index (χ1) is 11.9. The van der Waals surface area contributed by atoms with E-state index in [1.165, 1.54) is 12.0 Å². The second kappa shape index (κ2) is 7.89. The monoisotopic (exact) mass is 364 g/mol. The van der Waals surface area contributed by atoms with Crippen LogP contribution < -0.4 is 4.90 Å². The minimum Gasteiger partial charge on any atom is -0.467 e. The quantitative estimate of drug-likeness (QED) is 0.335. The normalized spacial score (nSPS) is 11.7. The Bertz CT molecular complexity index is 799. The van der Waals surface area contributed by atoms with Crippen LogP contribution in [0.3, 0.4) is 0 Å². The molecule has 0 spiro atoms. The van der Waals surface area contributed by atoms with E-state index in [9.17, 15) is 14.9 Å². The van der Waals surface area contributed by atoms with Crippen LogP contribution in [0, 0.1) is 17.0 Å². The molecule has 0 bridgehead atoms. The molecule has 132 valence electrons. The van der Waals surface area contributed by atoms with Gasteiger partial charge in [0, 0.05) is 5.69 Å². The third-order valence-corrected chi connectivity index (χ3v) is 3.78. The van der Waals surface area contributed by atoms with Crippen LogP contribution in [0.15, 0.2) is 30.5 Å². The molecule has 0 amide bonds. The van der Waals surface area contributed by atoms with Crippen LogP contribution in [0.25, 0.3) is 0 Å². The maximum absolute atomic E-state index is 12.3. The first-order valence-electron chi connectivity index (χ1n) is 7.49. The molecule has 1 aromatic carbocycles. The lowest BCUT2D eigenvalue weighted by molar-refractivity contribution is -0.384. The lowest BCUT2D eigenvalue weighted by Gasteiger charge is -2.30. The SMILES string of the molecule is CCC(C(=O)OC)N(c1cccc(C)c1)c1nc(Cl)ncc1[N+](=O)[O-]. The van der Waals surface area contributed by atoms with Crippen LogP contribution >= 0.6 is 11.6 Å². The summed E-state index contributed by atoms with van der Waals surface area (Å²) in [6.45, 7) is 3.65. The van der Waals surface area contributed by atoms with Gasteiger partial charge in [-0.2, -0.15) is 4.98 Å². The highest BCUT2D eigenvalue weighted by Crippen LogP contribution is 2.35. The summed E-state index contributed by atoms with van der Waals surface area (Å²) in [5.41, 5.74) is 1.13. The molecule has 1 heterocycles. The van der Waals surface area contributed by atoms with Gasteiger partial charge in [-0.25, -0.2) is 9.78 Å². The van der Waals surface area contributed by atoms with Crippen LogP contribution in [0.4, 0.5) is 17.2 Å². The number of hydrogen-bond donors (Lipinski definition) is 0. The van der Waals surface area contributed by atoms with Gasteiger partial charge in [0.05, 0.1) is 12.0 Å². The molecular formula is C16H17ClN4O4. The topological polar surface area (TPSA) is 98.5 Å². The summed E-state index contributed by atoms with van der Waals surface area (Å²) in [6, 6.07) is 6.39. The third-order valence-electron chi connectivity index (χ3n) is 3.60. The molecular weight excluding hydrogens is 348 g/mol. The summed E-state index contributed by atoms with van der Waals surface area (Å²) >= 11 is 5.86. The lowest BCUT2D eigenvalue weighted by atomic mass is 10.1. The Morgan fingerprint density at radius 2 is 2.20 bits per heavy atom. The average molecular weight is 365 g/mol. The number of ether oxygens (including phenoxy) is 1. The van der Waals surface area contributed by atoms with E-state index in [2.05, 4.69) is 9.97 Å². The first kappa shape index (κ1) is 18.6. The van der Waals surface area contributed by atoms with Crippen molar-refractivity contribution in [3.05, 3.63) is 51.4 Å². The summed E-state index contributed by atoms with van der Waals surface area (Å²) in [5.74, 6) is -0.596. The van der Waals surface area contributed by atoms with Gasteiger partial charge in [-0.15, -0.1) is 0 Å². The van der Waals surface area contributed by atoms with E-state index in [1.807, 2.05) is 13.0 Å². The van der Waals surface area contributed by atoms with Crippen molar-refractivity contribution in [2.45, 2.75) is 26.3 Å². The minimum absolute atomic E-state index is 0.0622. The van der Waals surface area contributed by atoms with Gasteiger partial charge in [-0.3, -0.25) is 10.1 Å². The molecule has 1 aromatic heterocycles. The van der Waals surface area contributed by atoms with Crippen molar-refractivity contribution >= 4 is 34.8 Å². The van der Waals surface area contributed by atoms with Crippen LogP contribution in [0.2, 0.25) is 5.28 Å². The zero-order chi connectivity index (χ0) is 18.6. The molecule has 0 saturated heterocycles. The van der Waals surface area contributed by atoms with E-state index in [0.717, 1.165) is 11.8 Å². The number of halogens is 1. The zero-order valence-corrected chi connectivity index (χ0v) is 14.7. The molecule has 0 saturated carbocycles. The van der Waals surface area contributed by atoms with Crippen molar-refractivity contribution in [1.82, 2.24) is 9.97 Å². The fraction of sp³-hybridized carbons (Fsp3) is 0.312. The van der Waals surface area contributed by atoms with E-state index in [0.29, 0.717) is 12.1 Å². The highest BCUT2D eigenvalue weighted by atomic mass is 35.5. The van der Waals surface area contributed by atoms with Crippen LogP contribution in [0.1, 0.15) is 18.9 Å². The van der Waals surface area contributed by atoms with Crippen LogP contribution in [0.5, 0.6) is 0 Å². The molecule has 9 heteroatoms. The number of nitrogens with zero attached hydrogens (tertiary/aromatic N) is 4. The Labute approximate surface area is 149 Å². The second-order valence-corrected chi connectivity index (χ2v) is 5.60. The Morgan fingerprint density at radius 1 is 1.48 bits per heavy atom. The number of benzene rings is 1. The van der Waals surface area contributed by atoms with Gasteiger partial charge >= 0.3 is 11.7 Å². The largest absolute Gasteiger partial charge is 0.467 e. The standard InChI is InChI=1S/C16H17ClN4O4/c1-4-12(15(22)25-3)20(11-7-5-6-10(2)8-11)14-13(21(23)24)9-18-16(17)19-14/h5-9,12H,4H2,1-3H3. The number of esters is 1. The summed E-state index contributed by atoms with van der Waals surface area (Å²) < 4.78 is 4.86. The van der Waals surface area contributed by atoms with E-state index in [4.69, 9.17) is 16.3 Å². The zero-order valence-electron chi connectivity index (χ0n) is 14.0. The summed E-state index contributed by atoms with van der Waals surface area (Å²) in [5, 5.41) is 11.3. The number of rotatable bonds is 6. The Balaban J connectivity index is 2.73. The third kappa shape index (κ3) is 4.03. The van der Waals surface area contributed by atoms with Gasteiger partial charge in [0.1, 0.15) is 12.2 Å². The maximum atomic E-state index is 12.3. The predicted octanol–water partition coefficient (Wildman–Crippen LogP) is 3.44. The Kier molecular flexibility index (Phi) is 5.87. The molecule has 1 unspecified atom stereocenters.